The van der Waals surface area contributed by atoms with Crippen LogP contribution < -0.4 is 0 Å². The van der Waals surface area contributed by atoms with E-state index in [0.717, 1.165) is 45.6 Å². The van der Waals surface area contributed by atoms with E-state index >= 15 is 0 Å². The molecule has 5 rings (SSSR count). The van der Waals surface area contributed by atoms with Crippen LogP contribution in [0.1, 0.15) is 0 Å². The van der Waals surface area contributed by atoms with Crippen LogP contribution in [-0.2, 0) is 4.57 Å². The number of fused-ring (bicyclic) bond motifs is 4. The molecule has 3 N–H and O–H groups in total. The second-order valence-electron chi connectivity index (χ2n) is 6.27. The van der Waals surface area contributed by atoms with E-state index in [1.54, 1.807) is 0 Å². The minimum atomic E-state index is -4.64. The second kappa shape index (κ2) is 7.62. The molecule has 29 heavy (non-hydrogen) atoms. The Labute approximate surface area is 166 Å². The molecule has 0 unspecified atom stereocenters. The smallest absolute Gasteiger partial charge is 0.303 e. The van der Waals surface area contributed by atoms with Gasteiger partial charge in [-0.25, -0.2) is 24.5 Å². The van der Waals surface area contributed by atoms with E-state index in [1.807, 2.05) is 72.9 Å². The number of rotatable bonds is 0. The Bertz CT molecular complexity index is 1000. The Morgan fingerprint density at radius 3 is 0.897 bits per heavy atom. The average molecular weight is 406 g/mol. The summed E-state index contributed by atoms with van der Waals surface area (Å²) in [6.07, 6.45) is 23.8. The minimum absolute atomic E-state index is 0.894. The Morgan fingerprint density at radius 2 is 0.690 bits per heavy atom. The third kappa shape index (κ3) is 5.37. The molecule has 0 radical (unpaired) electrons. The molecule has 0 fully saturated rings. The first kappa shape index (κ1) is 19.0. The Morgan fingerprint density at radius 1 is 0.483 bits per heavy atom. The summed E-state index contributed by atoms with van der Waals surface area (Å²) in [5.74, 6) is 0. The topological polar surface area (TPSA) is 127 Å². The van der Waals surface area contributed by atoms with Gasteiger partial charge in [0, 0.05) is 0 Å². The van der Waals surface area contributed by atoms with Crippen molar-refractivity contribution < 1.29 is 19.2 Å². The van der Waals surface area contributed by atoms with Crippen molar-refractivity contribution in [3.05, 3.63) is 95.7 Å². The molecular weight excluding hydrogens is 391 g/mol. The maximum absolute atomic E-state index is 8.88. The summed E-state index contributed by atoms with van der Waals surface area (Å²) < 4.78 is 8.88. The standard InChI is InChI=1S/C20H12N4.H3O4P/c1-2-14-10-16-5-6-18(23-16)12-20-8-7-19(24-20)11-17-4-3-15(22-17)9-13(1)21-14;1-5(2,3)4/h1-12H;(H3,1,2,3,4). The number of nitrogens with zero attached hydrogens (tertiary/aromatic N) is 4. The van der Waals surface area contributed by atoms with Crippen LogP contribution in [0, 0.1) is 0 Å². The molecule has 0 atom stereocenters. The largest absolute Gasteiger partial charge is 0.466 e. The number of hydrogen-bond donors (Lipinski definition) is 3. The van der Waals surface area contributed by atoms with Crippen LogP contribution in [0.5, 0.6) is 0 Å². The first-order valence-corrected chi connectivity index (χ1v) is 10.1. The molecule has 0 saturated carbocycles. The molecule has 144 valence electrons. The molecule has 0 aromatic rings. The number of aliphatic imine (C=N–C) groups is 4. The van der Waals surface area contributed by atoms with Gasteiger partial charge in [0.2, 0.25) is 0 Å². The van der Waals surface area contributed by atoms with Crippen LogP contribution in [0.15, 0.2) is 116 Å². The summed E-state index contributed by atoms with van der Waals surface area (Å²) in [6, 6.07) is 0. The van der Waals surface area contributed by atoms with Crippen molar-refractivity contribution in [1.29, 1.82) is 0 Å². The van der Waals surface area contributed by atoms with Gasteiger partial charge in [0.05, 0.1) is 45.6 Å². The lowest BCUT2D eigenvalue weighted by Gasteiger charge is -1.94. The molecule has 5 aliphatic rings. The molecule has 9 heteroatoms. The van der Waals surface area contributed by atoms with Crippen molar-refractivity contribution in [1.82, 2.24) is 0 Å². The monoisotopic (exact) mass is 406 g/mol. The SMILES string of the molecule is C1=CC2=NC1=CC1=NC(=CC3=NC(=CC4=NC(=C2)C=C4)C=C3)C=C1.O=P(O)(O)O. The molecule has 5 heterocycles. The highest BCUT2D eigenvalue weighted by Crippen LogP contribution is 2.26. The van der Waals surface area contributed by atoms with Crippen LogP contribution in [0.25, 0.3) is 0 Å². The van der Waals surface area contributed by atoms with Crippen LogP contribution >= 0.6 is 7.82 Å². The fourth-order valence-electron chi connectivity index (χ4n) is 2.83. The van der Waals surface area contributed by atoms with Gasteiger partial charge < -0.3 is 14.7 Å². The van der Waals surface area contributed by atoms with E-state index in [-0.39, 0.29) is 0 Å². The zero-order valence-electron chi connectivity index (χ0n) is 14.9. The lowest BCUT2D eigenvalue weighted by Crippen LogP contribution is -1.89. The Balaban J connectivity index is 0.000000369. The molecule has 0 saturated heterocycles. The zero-order valence-corrected chi connectivity index (χ0v) is 15.8. The maximum atomic E-state index is 8.88. The first-order chi connectivity index (χ1) is 13.8. The molecule has 0 aliphatic carbocycles. The van der Waals surface area contributed by atoms with Gasteiger partial charge in [-0.2, -0.15) is 0 Å². The van der Waals surface area contributed by atoms with Crippen LogP contribution in [0.4, 0.5) is 0 Å². The van der Waals surface area contributed by atoms with Gasteiger partial charge in [-0.3, -0.25) is 0 Å². The quantitative estimate of drug-likeness (QED) is 0.535. The van der Waals surface area contributed by atoms with E-state index in [0.29, 0.717) is 0 Å². The van der Waals surface area contributed by atoms with Crippen molar-refractivity contribution >= 4 is 30.7 Å². The van der Waals surface area contributed by atoms with E-state index in [2.05, 4.69) is 20.0 Å². The van der Waals surface area contributed by atoms with E-state index in [4.69, 9.17) is 19.2 Å². The Hall–Kier alpha value is -3.29. The first-order valence-electron chi connectivity index (χ1n) is 8.52. The molecule has 0 aromatic heterocycles. The van der Waals surface area contributed by atoms with Crippen molar-refractivity contribution in [2.24, 2.45) is 20.0 Å². The molecule has 8 nitrogen and oxygen atoms in total. The van der Waals surface area contributed by atoms with Gasteiger partial charge in [-0.05, 0) is 72.9 Å². The highest BCUT2D eigenvalue weighted by atomic mass is 31.2. The molecule has 0 spiro atoms. The molecule has 0 amide bonds. The second-order valence-corrected chi connectivity index (χ2v) is 7.30. The predicted octanol–water partition coefficient (Wildman–Crippen LogP) is 2.65. The maximum Gasteiger partial charge on any atom is 0.466 e. The van der Waals surface area contributed by atoms with Crippen LogP contribution in [-0.4, -0.2) is 37.5 Å². The highest BCUT2D eigenvalue weighted by Gasteiger charge is 2.11. The normalized spacial score (nSPS) is 20.8. The summed E-state index contributed by atoms with van der Waals surface area (Å²) in [5.41, 5.74) is 7.15. The van der Waals surface area contributed by atoms with Crippen molar-refractivity contribution in [2.45, 2.75) is 0 Å². The Kier molecular flexibility index (Phi) is 5.00. The van der Waals surface area contributed by atoms with Gasteiger partial charge in [-0.1, -0.05) is 0 Å². The fraction of sp³-hybridized carbons (Fsp3) is 0. The summed E-state index contributed by atoms with van der Waals surface area (Å²) in [7, 11) is -4.64. The third-order valence-electron chi connectivity index (χ3n) is 3.92. The van der Waals surface area contributed by atoms with E-state index < -0.39 is 7.82 Å². The highest BCUT2D eigenvalue weighted by molar-refractivity contribution is 7.45. The summed E-state index contributed by atoms with van der Waals surface area (Å²) in [4.78, 5) is 39.9. The van der Waals surface area contributed by atoms with Gasteiger partial charge in [0.15, 0.2) is 0 Å². The molecule has 5 aliphatic heterocycles. The zero-order chi connectivity index (χ0) is 20.4. The number of hydrogen-bond acceptors (Lipinski definition) is 5. The number of allylic oxidation sites excluding steroid dienone is 12. The molecule has 8 bridgehead atoms. The summed E-state index contributed by atoms with van der Waals surface area (Å²) >= 11 is 0. The minimum Gasteiger partial charge on any atom is -0.303 e. The molecule has 0 aromatic carbocycles. The van der Waals surface area contributed by atoms with E-state index in [9.17, 15) is 0 Å². The van der Waals surface area contributed by atoms with Crippen molar-refractivity contribution in [3.63, 3.8) is 0 Å². The van der Waals surface area contributed by atoms with Gasteiger partial charge in [0.1, 0.15) is 0 Å². The fourth-order valence-corrected chi connectivity index (χ4v) is 2.83. The van der Waals surface area contributed by atoms with Gasteiger partial charge in [0.25, 0.3) is 0 Å². The lowest BCUT2D eigenvalue weighted by atomic mass is 10.2. The average Bonchev–Trinajstić information content (AvgIpc) is 3.38. The summed E-state index contributed by atoms with van der Waals surface area (Å²) in [6.45, 7) is 0. The van der Waals surface area contributed by atoms with Crippen molar-refractivity contribution in [2.75, 3.05) is 0 Å². The third-order valence-corrected chi connectivity index (χ3v) is 3.92. The lowest BCUT2D eigenvalue weighted by molar-refractivity contribution is 0.275. The number of phosphoric acid groups is 1. The van der Waals surface area contributed by atoms with Crippen LogP contribution in [0.2, 0.25) is 0 Å². The van der Waals surface area contributed by atoms with E-state index in [1.165, 1.54) is 0 Å². The van der Waals surface area contributed by atoms with Gasteiger partial charge in [-0.15, -0.1) is 0 Å². The van der Waals surface area contributed by atoms with Crippen molar-refractivity contribution in [3.8, 4) is 0 Å². The van der Waals surface area contributed by atoms with Gasteiger partial charge >= 0.3 is 7.82 Å². The predicted molar refractivity (Wildman–Crippen MR) is 113 cm³/mol. The van der Waals surface area contributed by atoms with Crippen LogP contribution in [0.3, 0.4) is 0 Å². The molecular formula is C20H15N4O4P. The summed E-state index contributed by atoms with van der Waals surface area (Å²) in [5, 5.41) is 0.